The molecular formula is C34H30BrF2N5O4. The van der Waals surface area contributed by atoms with Gasteiger partial charge in [0.05, 0.1) is 13.2 Å². The van der Waals surface area contributed by atoms with Crippen LogP contribution in [-0.4, -0.2) is 35.7 Å². The monoisotopic (exact) mass is 689 g/mol. The van der Waals surface area contributed by atoms with E-state index in [9.17, 15) is 13.6 Å². The zero-order valence-corrected chi connectivity index (χ0v) is 26.2. The Hall–Kier alpha value is -4.77. The van der Waals surface area contributed by atoms with Gasteiger partial charge in [-0.15, -0.1) is 0 Å². The van der Waals surface area contributed by atoms with Gasteiger partial charge in [0.1, 0.15) is 17.4 Å². The van der Waals surface area contributed by atoms with E-state index in [2.05, 4.69) is 31.3 Å². The number of benzene rings is 4. The Morgan fingerprint density at radius 1 is 1.04 bits per heavy atom. The van der Waals surface area contributed by atoms with Crippen LogP contribution in [0.2, 0.25) is 0 Å². The summed E-state index contributed by atoms with van der Waals surface area (Å²) in [5.41, 5.74) is 10.00. The van der Waals surface area contributed by atoms with E-state index in [1.54, 1.807) is 30.3 Å². The highest BCUT2D eigenvalue weighted by Crippen LogP contribution is 2.43. The number of amides is 1. The molecule has 1 aliphatic rings. The molecule has 0 spiro atoms. The molecule has 0 radical (unpaired) electrons. The summed E-state index contributed by atoms with van der Waals surface area (Å²) in [6.45, 7) is 0.130. The van der Waals surface area contributed by atoms with Crippen LogP contribution in [0.4, 0.5) is 8.78 Å². The smallest absolute Gasteiger partial charge is 0.252 e. The fourth-order valence-corrected chi connectivity index (χ4v) is 5.47. The van der Waals surface area contributed by atoms with E-state index in [4.69, 9.17) is 25.1 Å². The third-order valence-corrected chi connectivity index (χ3v) is 8.06. The highest BCUT2D eigenvalue weighted by molar-refractivity contribution is 9.10. The molecule has 0 fully saturated rings. The molecule has 1 heterocycles. The number of hydrogen-bond donors (Lipinski definition) is 2. The highest BCUT2D eigenvalue weighted by Gasteiger charge is 2.53. The number of nitrogens with one attached hydrogen (secondary N) is 1. The summed E-state index contributed by atoms with van der Waals surface area (Å²) in [4.78, 5) is 22.3. The number of hydrogen-bond acceptors (Lipinski definition) is 6. The van der Waals surface area contributed by atoms with Crippen molar-refractivity contribution >= 4 is 27.7 Å². The van der Waals surface area contributed by atoms with Crippen molar-refractivity contribution in [1.82, 2.24) is 5.32 Å². The lowest BCUT2D eigenvalue weighted by Gasteiger charge is -2.31. The molecule has 0 unspecified atom stereocenters. The Labute approximate surface area is 272 Å². The van der Waals surface area contributed by atoms with Crippen molar-refractivity contribution in [3.05, 3.63) is 145 Å². The predicted molar refractivity (Wildman–Crippen MR) is 172 cm³/mol. The molecule has 4 aromatic rings. The zero-order valence-electron chi connectivity index (χ0n) is 24.6. The number of aliphatic hydroxyl groups is 1. The number of azide groups is 1. The molecule has 1 aliphatic heterocycles. The van der Waals surface area contributed by atoms with Crippen molar-refractivity contribution in [2.75, 3.05) is 13.2 Å². The fraction of sp³-hybridized carbons (Fsp3) is 0.235. The van der Waals surface area contributed by atoms with Gasteiger partial charge >= 0.3 is 0 Å². The van der Waals surface area contributed by atoms with Gasteiger partial charge in [-0.2, -0.15) is 0 Å². The maximum Gasteiger partial charge on any atom is 0.252 e. The summed E-state index contributed by atoms with van der Waals surface area (Å²) in [7, 11) is 0. The lowest BCUT2D eigenvalue weighted by atomic mass is 9.81. The Morgan fingerprint density at radius 3 is 2.50 bits per heavy atom. The van der Waals surface area contributed by atoms with Crippen LogP contribution >= 0.6 is 15.9 Å². The van der Waals surface area contributed by atoms with Crippen LogP contribution in [0.1, 0.15) is 40.3 Å². The van der Waals surface area contributed by atoms with Crippen LogP contribution in [0.5, 0.6) is 5.75 Å². The molecular weight excluding hydrogens is 660 g/mol. The molecule has 0 saturated heterocycles. The molecule has 9 nitrogen and oxygen atoms in total. The van der Waals surface area contributed by atoms with Gasteiger partial charge < -0.3 is 19.9 Å². The number of rotatable bonds is 13. The van der Waals surface area contributed by atoms with E-state index in [-0.39, 0.29) is 37.6 Å². The van der Waals surface area contributed by atoms with Crippen LogP contribution in [0.3, 0.4) is 0 Å². The van der Waals surface area contributed by atoms with Gasteiger partial charge in [0.25, 0.3) is 5.91 Å². The van der Waals surface area contributed by atoms with Gasteiger partial charge in [-0.05, 0) is 76.8 Å². The SMILES string of the molecule is [N-]=[N+]=NCc1ccccc1C[C@@]1(C(=O)NCc2cc(F)ccc2F)N=C(c2ccc(OCCCO)cc2)O[C@@H]1c1ccc(Br)cc1. The lowest BCUT2D eigenvalue weighted by Crippen LogP contribution is -2.50. The van der Waals surface area contributed by atoms with E-state index in [1.165, 1.54) is 0 Å². The lowest BCUT2D eigenvalue weighted by molar-refractivity contribution is -0.129. The Kier molecular flexibility index (Phi) is 10.6. The zero-order chi connectivity index (χ0) is 32.5. The quantitative estimate of drug-likeness (QED) is 0.0671. The van der Waals surface area contributed by atoms with E-state index in [1.807, 2.05) is 42.5 Å². The Morgan fingerprint density at radius 2 is 1.78 bits per heavy atom. The largest absolute Gasteiger partial charge is 0.494 e. The molecule has 0 bridgehead atoms. The third-order valence-electron chi connectivity index (χ3n) is 7.53. The van der Waals surface area contributed by atoms with E-state index in [0.29, 0.717) is 41.0 Å². The first-order chi connectivity index (χ1) is 22.3. The second kappa shape index (κ2) is 15.0. The van der Waals surface area contributed by atoms with Crippen molar-refractivity contribution in [2.24, 2.45) is 10.1 Å². The summed E-state index contributed by atoms with van der Waals surface area (Å²) in [6, 6.07) is 24.6. The minimum atomic E-state index is -1.62. The van der Waals surface area contributed by atoms with Crippen LogP contribution in [0, 0.1) is 11.6 Å². The first-order valence-electron chi connectivity index (χ1n) is 14.5. The molecule has 1 amide bonds. The molecule has 236 valence electrons. The predicted octanol–water partition coefficient (Wildman–Crippen LogP) is 7.11. The Balaban J connectivity index is 1.60. The van der Waals surface area contributed by atoms with Gasteiger partial charge in [-0.3, -0.25) is 4.79 Å². The van der Waals surface area contributed by atoms with E-state index in [0.717, 1.165) is 22.7 Å². The van der Waals surface area contributed by atoms with Crippen molar-refractivity contribution in [3.63, 3.8) is 0 Å². The second-order valence-corrected chi connectivity index (χ2v) is 11.5. The van der Waals surface area contributed by atoms with Crippen LogP contribution < -0.4 is 10.1 Å². The van der Waals surface area contributed by atoms with Crippen molar-refractivity contribution in [3.8, 4) is 5.75 Å². The summed E-state index contributed by atoms with van der Waals surface area (Å²) < 4.78 is 41.5. The second-order valence-electron chi connectivity index (χ2n) is 10.6. The van der Waals surface area contributed by atoms with Gasteiger partial charge in [-0.1, -0.05) is 57.4 Å². The molecule has 12 heteroatoms. The average molecular weight is 691 g/mol. The minimum Gasteiger partial charge on any atom is -0.494 e. The van der Waals surface area contributed by atoms with Crippen LogP contribution in [0.25, 0.3) is 10.4 Å². The number of aliphatic imine (C=N–C) groups is 1. The average Bonchev–Trinajstić information content (AvgIpc) is 3.45. The topological polar surface area (TPSA) is 129 Å². The number of ether oxygens (including phenoxy) is 2. The van der Waals surface area contributed by atoms with Crippen LogP contribution in [-0.2, 0) is 29.0 Å². The molecule has 2 atom stereocenters. The summed E-state index contributed by atoms with van der Waals surface area (Å²) in [6.07, 6.45) is -0.403. The van der Waals surface area contributed by atoms with Gasteiger partial charge in [0.15, 0.2) is 11.6 Å². The van der Waals surface area contributed by atoms with Crippen LogP contribution in [0.15, 0.2) is 106 Å². The van der Waals surface area contributed by atoms with Gasteiger partial charge in [0, 0.05) is 46.5 Å². The molecule has 46 heavy (non-hydrogen) atoms. The van der Waals surface area contributed by atoms with E-state index < -0.39 is 29.2 Å². The van der Waals surface area contributed by atoms with Gasteiger partial charge in [-0.25, -0.2) is 13.8 Å². The summed E-state index contributed by atoms with van der Waals surface area (Å²) in [5.74, 6) is -1.06. The third kappa shape index (κ3) is 7.54. The molecule has 0 saturated carbocycles. The van der Waals surface area contributed by atoms with Gasteiger partial charge in [0.2, 0.25) is 5.90 Å². The standard InChI is InChI=1S/C34H30BrF2N5O4/c35-27-10-6-22(7-11-27)31-34(19-24-4-1-2-5-25(24)21-40-42-38,33(44)39-20-26-18-28(36)12-15-30(26)37)41-32(46-31)23-8-13-29(14-9-23)45-17-3-16-43/h1-2,4-15,18,31,43H,3,16-17,19-21H2,(H,39,44)/t31-,34-/m1/s1. The maximum atomic E-state index is 14.6. The molecule has 2 N–H and O–H groups in total. The van der Waals surface area contributed by atoms with Crippen molar-refractivity contribution in [2.45, 2.75) is 37.6 Å². The number of aliphatic hydroxyl groups excluding tert-OH is 1. The first kappa shape index (κ1) is 32.6. The fourth-order valence-electron chi connectivity index (χ4n) is 5.21. The maximum absolute atomic E-state index is 14.6. The Bertz CT molecular complexity index is 1760. The molecule has 5 rings (SSSR count). The number of carbonyl (C=O) groups excluding carboxylic acids is 1. The van der Waals surface area contributed by atoms with Crippen molar-refractivity contribution in [1.29, 1.82) is 0 Å². The molecule has 0 aromatic heterocycles. The number of halogens is 3. The minimum absolute atomic E-state index is 0.0160. The molecule has 4 aromatic carbocycles. The van der Waals surface area contributed by atoms with Crippen molar-refractivity contribution < 1.29 is 28.2 Å². The number of carbonyl (C=O) groups is 1. The first-order valence-corrected chi connectivity index (χ1v) is 15.3. The summed E-state index contributed by atoms with van der Waals surface area (Å²) >= 11 is 3.46. The molecule has 0 aliphatic carbocycles. The van der Waals surface area contributed by atoms with E-state index >= 15 is 0 Å². The number of nitrogens with zero attached hydrogens (tertiary/aromatic N) is 4. The normalized spacial score (nSPS) is 17.0. The summed E-state index contributed by atoms with van der Waals surface area (Å²) in [5, 5.41) is 15.6. The highest BCUT2D eigenvalue weighted by atomic mass is 79.9.